The van der Waals surface area contributed by atoms with E-state index < -0.39 is 0 Å². The zero-order chi connectivity index (χ0) is 12.7. The summed E-state index contributed by atoms with van der Waals surface area (Å²) in [4.78, 5) is 4.45. The standard InChI is InChI=1S/C14H12BrN3/c1-9-5-4-8-12-13(9)17-14(16)18(12)11-7-3-2-6-10(11)15/h2-8H,1H3,(H2,16,17). The van der Waals surface area contributed by atoms with Crippen molar-refractivity contribution in [3.05, 3.63) is 52.5 Å². The fourth-order valence-electron chi connectivity index (χ4n) is 2.14. The lowest BCUT2D eigenvalue weighted by molar-refractivity contribution is 1.10. The highest BCUT2D eigenvalue weighted by Crippen LogP contribution is 2.29. The minimum Gasteiger partial charge on any atom is -0.369 e. The van der Waals surface area contributed by atoms with E-state index in [2.05, 4.69) is 20.9 Å². The lowest BCUT2D eigenvalue weighted by Crippen LogP contribution is -2.01. The number of fused-ring (bicyclic) bond motifs is 1. The van der Waals surface area contributed by atoms with E-state index in [0.29, 0.717) is 5.95 Å². The van der Waals surface area contributed by atoms with Crippen molar-refractivity contribution in [1.29, 1.82) is 0 Å². The van der Waals surface area contributed by atoms with E-state index in [1.807, 2.05) is 54.0 Å². The van der Waals surface area contributed by atoms with E-state index in [-0.39, 0.29) is 0 Å². The van der Waals surface area contributed by atoms with Gasteiger partial charge in [-0.25, -0.2) is 4.98 Å². The molecule has 4 heteroatoms. The molecule has 0 spiro atoms. The average molecular weight is 302 g/mol. The van der Waals surface area contributed by atoms with Gasteiger partial charge in [0.25, 0.3) is 0 Å². The molecule has 0 bridgehead atoms. The molecule has 1 heterocycles. The second kappa shape index (κ2) is 4.14. The van der Waals surface area contributed by atoms with E-state index in [0.717, 1.165) is 26.8 Å². The summed E-state index contributed by atoms with van der Waals surface area (Å²) in [6, 6.07) is 14.1. The van der Waals surface area contributed by atoms with Crippen LogP contribution in [-0.2, 0) is 0 Å². The van der Waals surface area contributed by atoms with Crippen LogP contribution in [-0.4, -0.2) is 9.55 Å². The van der Waals surface area contributed by atoms with Crippen LogP contribution in [0.15, 0.2) is 46.9 Å². The summed E-state index contributed by atoms with van der Waals surface area (Å²) in [5, 5.41) is 0. The third-order valence-electron chi connectivity index (χ3n) is 3.01. The van der Waals surface area contributed by atoms with Gasteiger partial charge in [0.15, 0.2) is 0 Å². The van der Waals surface area contributed by atoms with Gasteiger partial charge in [0.2, 0.25) is 5.95 Å². The normalized spacial score (nSPS) is 11.0. The Morgan fingerprint density at radius 2 is 1.89 bits per heavy atom. The molecule has 0 aliphatic carbocycles. The molecule has 0 fully saturated rings. The average Bonchev–Trinajstić information content (AvgIpc) is 2.68. The Morgan fingerprint density at radius 1 is 1.11 bits per heavy atom. The number of hydrogen-bond donors (Lipinski definition) is 1. The lowest BCUT2D eigenvalue weighted by atomic mass is 10.2. The predicted molar refractivity (Wildman–Crippen MR) is 77.9 cm³/mol. The lowest BCUT2D eigenvalue weighted by Gasteiger charge is -2.08. The van der Waals surface area contributed by atoms with Crippen molar-refractivity contribution in [2.45, 2.75) is 6.92 Å². The summed E-state index contributed by atoms with van der Waals surface area (Å²) in [7, 11) is 0. The molecule has 0 unspecified atom stereocenters. The zero-order valence-electron chi connectivity index (χ0n) is 9.89. The van der Waals surface area contributed by atoms with E-state index >= 15 is 0 Å². The Balaban J connectivity index is 2.40. The molecule has 90 valence electrons. The molecule has 3 nitrogen and oxygen atoms in total. The maximum Gasteiger partial charge on any atom is 0.205 e. The SMILES string of the molecule is Cc1cccc2c1nc(N)n2-c1ccccc1Br. The van der Waals surface area contributed by atoms with Crippen molar-refractivity contribution >= 4 is 32.9 Å². The van der Waals surface area contributed by atoms with Gasteiger partial charge in [0.1, 0.15) is 0 Å². The van der Waals surface area contributed by atoms with Gasteiger partial charge in [-0.05, 0) is 46.6 Å². The maximum atomic E-state index is 6.05. The summed E-state index contributed by atoms with van der Waals surface area (Å²) < 4.78 is 2.96. The number of halogens is 1. The fraction of sp³-hybridized carbons (Fsp3) is 0.0714. The topological polar surface area (TPSA) is 43.8 Å². The molecule has 0 saturated carbocycles. The molecular weight excluding hydrogens is 290 g/mol. The van der Waals surface area contributed by atoms with E-state index in [1.165, 1.54) is 0 Å². The van der Waals surface area contributed by atoms with Crippen LogP contribution < -0.4 is 5.73 Å². The zero-order valence-corrected chi connectivity index (χ0v) is 11.5. The quantitative estimate of drug-likeness (QED) is 0.745. The molecule has 0 radical (unpaired) electrons. The molecular formula is C14H12BrN3. The Kier molecular flexibility index (Phi) is 2.59. The van der Waals surface area contributed by atoms with Gasteiger partial charge < -0.3 is 5.73 Å². The number of rotatable bonds is 1. The third-order valence-corrected chi connectivity index (χ3v) is 3.68. The highest BCUT2D eigenvalue weighted by atomic mass is 79.9. The van der Waals surface area contributed by atoms with Gasteiger partial charge in [-0.15, -0.1) is 0 Å². The first-order valence-electron chi connectivity index (χ1n) is 5.67. The predicted octanol–water partition coefficient (Wildman–Crippen LogP) is 3.68. The van der Waals surface area contributed by atoms with Gasteiger partial charge >= 0.3 is 0 Å². The number of aryl methyl sites for hydroxylation is 1. The van der Waals surface area contributed by atoms with Crippen molar-refractivity contribution in [2.75, 3.05) is 5.73 Å². The molecule has 0 saturated heterocycles. The minimum absolute atomic E-state index is 0.506. The monoisotopic (exact) mass is 301 g/mol. The smallest absolute Gasteiger partial charge is 0.205 e. The number of nitrogen functional groups attached to an aromatic ring is 1. The third kappa shape index (κ3) is 1.61. The molecule has 2 aromatic carbocycles. The summed E-state index contributed by atoms with van der Waals surface area (Å²) in [6.45, 7) is 2.04. The van der Waals surface area contributed by atoms with E-state index in [1.54, 1.807) is 0 Å². The molecule has 0 aliphatic heterocycles. The van der Waals surface area contributed by atoms with Crippen LogP contribution in [0.2, 0.25) is 0 Å². The second-order valence-electron chi connectivity index (χ2n) is 4.20. The molecule has 0 aliphatic rings. The van der Waals surface area contributed by atoms with Crippen molar-refractivity contribution in [3.8, 4) is 5.69 Å². The number of imidazole rings is 1. The van der Waals surface area contributed by atoms with Crippen molar-refractivity contribution in [3.63, 3.8) is 0 Å². The number of hydrogen-bond acceptors (Lipinski definition) is 2. The summed E-state index contributed by atoms with van der Waals surface area (Å²) in [5.41, 5.74) is 10.2. The number of anilines is 1. The first-order chi connectivity index (χ1) is 8.68. The van der Waals surface area contributed by atoms with Crippen LogP contribution in [0.1, 0.15) is 5.56 Å². The molecule has 0 atom stereocenters. The van der Waals surface area contributed by atoms with Gasteiger partial charge in [-0.3, -0.25) is 4.57 Å². The van der Waals surface area contributed by atoms with Gasteiger partial charge in [-0.2, -0.15) is 0 Å². The van der Waals surface area contributed by atoms with Crippen molar-refractivity contribution in [2.24, 2.45) is 0 Å². The fourth-order valence-corrected chi connectivity index (χ4v) is 2.61. The summed E-state index contributed by atoms with van der Waals surface area (Å²) in [6.07, 6.45) is 0. The van der Waals surface area contributed by atoms with E-state index in [4.69, 9.17) is 5.73 Å². The molecule has 2 N–H and O–H groups in total. The number of aromatic nitrogens is 2. The van der Waals surface area contributed by atoms with E-state index in [9.17, 15) is 0 Å². The summed E-state index contributed by atoms with van der Waals surface area (Å²) in [5.74, 6) is 0.506. The van der Waals surface area contributed by atoms with Crippen molar-refractivity contribution < 1.29 is 0 Å². The Morgan fingerprint density at radius 3 is 2.67 bits per heavy atom. The van der Waals surface area contributed by atoms with Crippen LogP contribution >= 0.6 is 15.9 Å². The number of para-hydroxylation sites is 2. The highest BCUT2D eigenvalue weighted by Gasteiger charge is 2.12. The Labute approximate surface area is 113 Å². The van der Waals surface area contributed by atoms with Gasteiger partial charge in [-0.1, -0.05) is 24.3 Å². The van der Waals surface area contributed by atoms with Gasteiger partial charge in [0, 0.05) is 4.47 Å². The molecule has 0 amide bonds. The minimum atomic E-state index is 0.506. The molecule has 1 aromatic heterocycles. The molecule has 3 aromatic rings. The number of benzene rings is 2. The highest BCUT2D eigenvalue weighted by molar-refractivity contribution is 9.10. The Bertz CT molecular complexity index is 731. The number of nitrogens with zero attached hydrogens (tertiary/aromatic N) is 2. The van der Waals surface area contributed by atoms with Crippen LogP contribution in [0.4, 0.5) is 5.95 Å². The van der Waals surface area contributed by atoms with Gasteiger partial charge in [0.05, 0.1) is 16.7 Å². The largest absolute Gasteiger partial charge is 0.369 e. The van der Waals surface area contributed by atoms with Crippen LogP contribution in [0, 0.1) is 6.92 Å². The first kappa shape index (κ1) is 11.3. The first-order valence-corrected chi connectivity index (χ1v) is 6.46. The second-order valence-corrected chi connectivity index (χ2v) is 5.05. The summed E-state index contributed by atoms with van der Waals surface area (Å²) >= 11 is 3.55. The maximum absolute atomic E-state index is 6.05. The number of nitrogens with two attached hydrogens (primary N) is 1. The van der Waals surface area contributed by atoms with Crippen LogP contribution in [0.5, 0.6) is 0 Å². The van der Waals surface area contributed by atoms with Crippen LogP contribution in [0.3, 0.4) is 0 Å². The molecule has 18 heavy (non-hydrogen) atoms. The molecule has 3 rings (SSSR count). The van der Waals surface area contributed by atoms with Crippen molar-refractivity contribution in [1.82, 2.24) is 9.55 Å². The Hall–Kier alpha value is -1.81. The van der Waals surface area contributed by atoms with Crippen LogP contribution in [0.25, 0.3) is 16.7 Å².